The summed E-state index contributed by atoms with van der Waals surface area (Å²) in [5.41, 5.74) is 8.82. The van der Waals surface area contributed by atoms with E-state index < -0.39 is 0 Å². The van der Waals surface area contributed by atoms with Crippen molar-refractivity contribution >= 4 is 12.1 Å². The average Bonchev–Trinajstić information content (AvgIpc) is 2.41. The van der Waals surface area contributed by atoms with Crippen LogP contribution >= 0.6 is 0 Å². The SMILES string of the molecule is Cc1cccc(C(=O)N/N=C/c2c(C)cc(C)cc2C)c1. The first kappa shape index (κ1) is 15.0. The number of hydrogen-bond acceptors (Lipinski definition) is 2. The first-order valence-corrected chi connectivity index (χ1v) is 6.95. The highest BCUT2D eigenvalue weighted by molar-refractivity contribution is 5.95. The second-order valence-electron chi connectivity index (χ2n) is 5.38. The van der Waals surface area contributed by atoms with Crippen molar-refractivity contribution in [1.82, 2.24) is 5.43 Å². The van der Waals surface area contributed by atoms with Crippen molar-refractivity contribution in [2.75, 3.05) is 0 Å². The average molecular weight is 280 g/mol. The molecule has 0 unspecified atom stereocenters. The molecule has 0 radical (unpaired) electrons. The Morgan fingerprint density at radius 2 is 1.67 bits per heavy atom. The molecule has 0 fully saturated rings. The lowest BCUT2D eigenvalue weighted by atomic mass is 10.0. The van der Waals surface area contributed by atoms with Crippen LogP contribution in [0.3, 0.4) is 0 Å². The van der Waals surface area contributed by atoms with Gasteiger partial charge in [-0.25, -0.2) is 5.43 Å². The highest BCUT2D eigenvalue weighted by Gasteiger charge is 2.04. The van der Waals surface area contributed by atoms with Gasteiger partial charge in [0.25, 0.3) is 5.91 Å². The van der Waals surface area contributed by atoms with Gasteiger partial charge in [0, 0.05) is 11.1 Å². The van der Waals surface area contributed by atoms with Crippen LogP contribution in [0.4, 0.5) is 0 Å². The number of benzene rings is 2. The number of carbonyl (C=O) groups is 1. The zero-order valence-electron chi connectivity index (χ0n) is 12.9. The summed E-state index contributed by atoms with van der Waals surface area (Å²) < 4.78 is 0. The van der Waals surface area contributed by atoms with E-state index in [1.165, 1.54) is 5.56 Å². The Morgan fingerprint density at radius 3 is 2.29 bits per heavy atom. The molecule has 1 amide bonds. The Hall–Kier alpha value is -2.42. The van der Waals surface area contributed by atoms with Gasteiger partial charge in [-0.1, -0.05) is 35.4 Å². The van der Waals surface area contributed by atoms with Gasteiger partial charge in [-0.3, -0.25) is 4.79 Å². The normalized spacial score (nSPS) is 10.9. The van der Waals surface area contributed by atoms with Gasteiger partial charge in [0.05, 0.1) is 6.21 Å². The van der Waals surface area contributed by atoms with Gasteiger partial charge in [-0.05, 0) is 51.0 Å². The van der Waals surface area contributed by atoms with Crippen LogP contribution < -0.4 is 5.43 Å². The summed E-state index contributed by atoms with van der Waals surface area (Å²) in [4.78, 5) is 12.0. The van der Waals surface area contributed by atoms with Crippen LogP contribution in [0.5, 0.6) is 0 Å². The standard InChI is InChI=1S/C18H20N2O/c1-12-6-5-7-16(10-12)18(21)20-19-11-17-14(3)8-13(2)9-15(17)4/h5-11H,1-4H3,(H,20,21)/b19-11+. The fourth-order valence-electron chi connectivity index (χ4n) is 2.40. The highest BCUT2D eigenvalue weighted by atomic mass is 16.2. The minimum atomic E-state index is -0.197. The van der Waals surface area contributed by atoms with Crippen LogP contribution in [-0.4, -0.2) is 12.1 Å². The molecule has 0 heterocycles. The number of nitrogens with one attached hydrogen (secondary N) is 1. The van der Waals surface area contributed by atoms with E-state index in [4.69, 9.17) is 0 Å². The molecule has 0 aliphatic carbocycles. The maximum Gasteiger partial charge on any atom is 0.271 e. The fourth-order valence-corrected chi connectivity index (χ4v) is 2.40. The number of rotatable bonds is 3. The minimum absolute atomic E-state index is 0.197. The summed E-state index contributed by atoms with van der Waals surface area (Å²) in [6.45, 7) is 8.12. The van der Waals surface area contributed by atoms with Crippen LogP contribution in [0.1, 0.15) is 38.2 Å². The van der Waals surface area contributed by atoms with Gasteiger partial charge in [0.1, 0.15) is 0 Å². The van der Waals surface area contributed by atoms with Crippen molar-refractivity contribution in [2.24, 2.45) is 5.10 Å². The number of hydrogen-bond donors (Lipinski definition) is 1. The van der Waals surface area contributed by atoms with Gasteiger partial charge < -0.3 is 0 Å². The molecular weight excluding hydrogens is 260 g/mol. The Kier molecular flexibility index (Phi) is 4.53. The molecule has 0 aliphatic rings. The molecule has 3 heteroatoms. The van der Waals surface area contributed by atoms with Crippen molar-refractivity contribution in [3.63, 3.8) is 0 Å². The first-order valence-electron chi connectivity index (χ1n) is 6.95. The summed E-state index contributed by atoms with van der Waals surface area (Å²) in [6, 6.07) is 11.7. The summed E-state index contributed by atoms with van der Waals surface area (Å²) in [5, 5.41) is 4.07. The van der Waals surface area contributed by atoms with E-state index in [-0.39, 0.29) is 5.91 Å². The molecule has 0 aliphatic heterocycles. The van der Waals surface area contributed by atoms with Crippen LogP contribution in [0.25, 0.3) is 0 Å². The second kappa shape index (κ2) is 6.35. The van der Waals surface area contributed by atoms with Crippen molar-refractivity contribution in [3.8, 4) is 0 Å². The van der Waals surface area contributed by atoms with Crippen LogP contribution in [0, 0.1) is 27.7 Å². The largest absolute Gasteiger partial charge is 0.271 e. The monoisotopic (exact) mass is 280 g/mol. The lowest BCUT2D eigenvalue weighted by Crippen LogP contribution is -2.17. The molecule has 0 aromatic heterocycles. The number of amides is 1. The van der Waals surface area contributed by atoms with E-state index >= 15 is 0 Å². The number of hydrazone groups is 1. The van der Waals surface area contributed by atoms with Crippen LogP contribution in [-0.2, 0) is 0 Å². The molecule has 0 bridgehead atoms. The smallest absolute Gasteiger partial charge is 0.267 e. The van der Waals surface area contributed by atoms with Gasteiger partial charge in [0.15, 0.2) is 0 Å². The Bertz CT molecular complexity index is 679. The molecule has 0 spiro atoms. The molecule has 21 heavy (non-hydrogen) atoms. The summed E-state index contributed by atoms with van der Waals surface area (Å²) >= 11 is 0. The maximum atomic E-state index is 12.0. The van der Waals surface area contributed by atoms with E-state index in [0.717, 1.165) is 22.3 Å². The molecule has 108 valence electrons. The summed E-state index contributed by atoms with van der Waals surface area (Å²) in [5.74, 6) is -0.197. The van der Waals surface area contributed by atoms with E-state index in [1.54, 1.807) is 12.3 Å². The third kappa shape index (κ3) is 3.78. The lowest BCUT2D eigenvalue weighted by Gasteiger charge is -2.06. The van der Waals surface area contributed by atoms with E-state index in [0.29, 0.717) is 5.56 Å². The summed E-state index contributed by atoms with van der Waals surface area (Å²) in [6.07, 6.45) is 1.71. The molecule has 1 N–H and O–H groups in total. The van der Waals surface area contributed by atoms with Crippen LogP contribution in [0.15, 0.2) is 41.5 Å². The molecular formula is C18H20N2O. The van der Waals surface area contributed by atoms with Gasteiger partial charge >= 0.3 is 0 Å². The summed E-state index contributed by atoms with van der Waals surface area (Å²) in [7, 11) is 0. The van der Waals surface area contributed by atoms with Gasteiger partial charge in [0.2, 0.25) is 0 Å². The fraction of sp³-hybridized carbons (Fsp3) is 0.222. The minimum Gasteiger partial charge on any atom is -0.267 e. The molecule has 3 nitrogen and oxygen atoms in total. The highest BCUT2D eigenvalue weighted by Crippen LogP contribution is 2.14. The molecule has 0 saturated carbocycles. The van der Waals surface area contributed by atoms with Gasteiger partial charge in [-0.15, -0.1) is 0 Å². The predicted molar refractivity (Wildman–Crippen MR) is 86.9 cm³/mol. The van der Waals surface area contributed by atoms with Crippen molar-refractivity contribution in [3.05, 3.63) is 69.8 Å². The topological polar surface area (TPSA) is 41.5 Å². The first-order chi connectivity index (χ1) is 9.97. The number of carbonyl (C=O) groups excluding carboxylic acids is 1. The van der Waals surface area contributed by atoms with Crippen molar-refractivity contribution < 1.29 is 4.79 Å². The maximum absolute atomic E-state index is 12.0. The Labute approximate surface area is 125 Å². The molecule has 0 atom stereocenters. The zero-order chi connectivity index (χ0) is 15.4. The zero-order valence-corrected chi connectivity index (χ0v) is 12.9. The van der Waals surface area contributed by atoms with Crippen molar-refractivity contribution in [2.45, 2.75) is 27.7 Å². The number of nitrogens with zero attached hydrogens (tertiary/aromatic N) is 1. The van der Waals surface area contributed by atoms with Gasteiger partial charge in [-0.2, -0.15) is 5.10 Å². The third-order valence-corrected chi connectivity index (χ3v) is 3.38. The predicted octanol–water partition coefficient (Wildman–Crippen LogP) is 3.68. The number of aryl methyl sites for hydroxylation is 4. The quantitative estimate of drug-likeness (QED) is 0.676. The third-order valence-electron chi connectivity index (χ3n) is 3.38. The molecule has 2 rings (SSSR count). The van der Waals surface area contributed by atoms with E-state index in [1.807, 2.05) is 39.0 Å². The van der Waals surface area contributed by atoms with E-state index in [9.17, 15) is 4.79 Å². The second-order valence-corrected chi connectivity index (χ2v) is 5.38. The Morgan fingerprint density at radius 1 is 1.00 bits per heavy atom. The van der Waals surface area contributed by atoms with Crippen LogP contribution in [0.2, 0.25) is 0 Å². The molecule has 2 aromatic carbocycles. The molecule has 0 saturated heterocycles. The lowest BCUT2D eigenvalue weighted by molar-refractivity contribution is 0.0955. The van der Waals surface area contributed by atoms with Crippen molar-refractivity contribution in [1.29, 1.82) is 0 Å². The Balaban J connectivity index is 2.11. The molecule has 2 aromatic rings. The van der Waals surface area contributed by atoms with E-state index in [2.05, 4.69) is 29.6 Å².